The topological polar surface area (TPSA) is 38.7 Å². The normalized spacial score (nSPS) is 11.1. The molecule has 9 rings (SSSR count). The summed E-state index contributed by atoms with van der Waals surface area (Å²) in [6.07, 6.45) is 0. The van der Waals surface area contributed by atoms with Gasteiger partial charge in [-0.1, -0.05) is 194 Å². The Balaban J connectivity index is 1.30. The largest absolute Gasteiger partial charge is 0.208 e. The van der Waals surface area contributed by atoms with Crippen LogP contribution in [0.1, 0.15) is 0 Å². The fourth-order valence-corrected chi connectivity index (χ4v) is 6.97. The maximum atomic E-state index is 5.33. The lowest BCUT2D eigenvalue weighted by Gasteiger charge is -2.16. The minimum absolute atomic E-state index is 0.621. The Labute approximate surface area is 303 Å². The van der Waals surface area contributed by atoms with E-state index in [-0.39, 0.29) is 0 Å². The van der Waals surface area contributed by atoms with Gasteiger partial charge in [-0.3, -0.25) is 0 Å². The molecule has 8 aromatic carbocycles. The first-order valence-electron chi connectivity index (χ1n) is 17.5. The van der Waals surface area contributed by atoms with Gasteiger partial charge in [-0.15, -0.1) is 0 Å². The van der Waals surface area contributed by atoms with E-state index in [1.54, 1.807) is 0 Å². The van der Waals surface area contributed by atoms with E-state index in [9.17, 15) is 0 Å². The maximum absolute atomic E-state index is 5.33. The van der Waals surface area contributed by atoms with Crippen molar-refractivity contribution in [1.29, 1.82) is 0 Å². The highest BCUT2D eigenvalue weighted by atomic mass is 15.0. The number of hydrogen-bond donors (Lipinski definition) is 0. The Kier molecular flexibility index (Phi) is 8.20. The van der Waals surface area contributed by atoms with Gasteiger partial charge < -0.3 is 0 Å². The van der Waals surface area contributed by atoms with Gasteiger partial charge in [-0.25, -0.2) is 15.0 Å². The van der Waals surface area contributed by atoms with E-state index in [0.29, 0.717) is 17.5 Å². The van der Waals surface area contributed by atoms with E-state index in [2.05, 4.69) is 182 Å². The summed E-state index contributed by atoms with van der Waals surface area (Å²) in [4.78, 5) is 15.8. The van der Waals surface area contributed by atoms with Crippen molar-refractivity contribution in [2.24, 2.45) is 0 Å². The highest BCUT2D eigenvalue weighted by molar-refractivity contribution is 6.00. The van der Waals surface area contributed by atoms with Crippen LogP contribution in [0.3, 0.4) is 0 Å². The van der Waals surface area contributed by atoms with Crippen LogP contribution >= 0.6 is 0 Å². The van der Waals surface area contributed by atoms with Gasteiger partial charge >= 0.3 is 0 Å². The standard InChI is InChI=1S/C49H33N3/c1-4-15-34(16-5-1)36-27-29-39(30-28-36)47-50-48(45-25-13-12-24-42(45)37-19-8-3-9-20-37)52-49(51-47)46-33-40(35-17-6-2-7-18-35)31-32-44(46)43-26-14-22-38-21-10-11-23-41(38)43/h1-33H. The quantitative estimate of drug-likeness (QED) is 0.170. The molecule has 3 heteroatoms. The van der Waals surface area contributed by atoms with E-state index in [1.165, 1.54) is 16.3 Å². The maximum Gasteiger partial charge on any atom is 0.164 e. The van der Waals surface area contributed by atoms with Crippen molar-refractivity contribution in [3.05, 3.63) is 200 Å². The Morgan fingerprint density at radius 2 is 0.692 bits per heavy atom. The van der Waals surface area contributed by atoms with Gasteiger partial charge in [0, 0.05) is 16.7 Å². The smallest absolute Gasteiger partial charge is 0.164 e. The van der Waals surface area contributed by atoms with Crippen LogP contribution < -0.4 is 0 Å². The number of hydrogen-bond acceptors (Lipinski definition) is 3. The fraction of sp³-hybridized carbons (Fsp3) is 0. The van der Waals surface area contributed by atoms with Crippen molar-refractivity contribution in [3.8, 4) is 78.7 Å². The van der Waals surface area contributed by atoms with Crippen molar-refractivity contribution in [2.45, 2.75) is 0 Å². The number of benzene rings is 8. The summed E-state index contributed by atoms with van der Waals surface area (Å²) in [6.45, 7) is 0. The summed E-state index contributed by atoms with van der Waals surface area (Å²) < 4.78 is 0. The first-order chi connectivity index (χ1) is 25.8. The number of fused-ring (bicyclic) bond motifs is 1. The zero-order valence-electron chi connectivity index (χ0n) is 28.4. The van der Waals surface area contributed by atoms with Crippen LogP contribution in [0.2, 0.25) is 0 Å². The molecule has 0 fully saturated rings. The van der Waals surface area contributed by atoms with E-state index in [0.717, 1.165) is 55.6 Å². The van der Waals surface area contributed by atoms with Crippen LogP contribution in [0.5, 0.6) is 0 Å². The highest BCUT2D eigenvalue weighted by Crippen LogP contribution is 2.39. The van der Waals surface area contributed by atoms with Crippen LogP contribution in [0.15, 0.2) is 200 Å². The molecule has 0 saturated heterocycles. The second-order valence-corrected chi connectivity index (χ2v) is 12.8. The van der Waals surface area contributed by atoms with Gasteiger partial charge in [-0.05, 0) is 61.3 Å². The second-order valence-electron chi connectivity index (χ2n) is 12.8. The molecule has 52 heavy (non-hydrogen) atoms. The lowest BCUT2D eigenvalue weighted by Crippen LogP contribution is -2.02. The van der Waals surface area contributed by atoms with Crippen LogP contribution in [-0.2, 0) is 0 Å². The van der Waals surface area contributed by atoms with E-state index in [4.69, 9.17) is 15.0 Å². The molecule has 0 radical (unpaired) electrons. The molecule has 0 bridgehead atoms. The van der Waals surface area contributed by atoms with Crippen molar-refractivity contribution in [2.75, 3.05) is 0 Å². The van der Waals surface area contributed by atoms with Crippen LogP contribution in [0.25, 0.3) is 89.4 Å². The van der Waals surface area contributed by atoms with E-state index < -0.39 is 0 Å². The third kappa shape index (κ3) is 6.06. The summed E-state index contributed by atoms with van der Waals surface area (Å²) in [5, 5.41) is 2.37. The van der Waals surface area contributed by atoms with Crippen molar-refractivity contribution in [3.63, 3.8) is 0 Å². The SMILES string of the molecule is c1ccc(-c2ccc(-c3nc(-c4ccccc4-c4ccccc4)nc(-c4cc(-c5ccccc5)ccc4-c4cccc5ccccc45)n3)cc2)cc1. The predicted molar refractivity (Wildman–Crippen MR) is 215 cm³/mol. The molecular formula is C49H33N3. The number of rotatable bonds is 7. The van der Waals surface area contributed by atoms with Gasteiger partial charge in [0.05, 0.1) is 0 Å². The Morgan fingerprint density at radius 1 is 0.231 bits per heavy atom. The molecule has 9 aromatic rings. The Bertz CT molecular complexity index is 2650. The average molecular weight is 664 g/mol. The Morgan fingerprint density at radius 3 is 1.40 bits per heavy atom. The molecule has 0 amide bonds. The summed E-state index contributed by atoms with van der Waals surface area (Å²) in [5.41, 5.74) is 11.7. The first kappa shape index (κ1) is 31.0. The molecular weight excluding hydrogens is 631 g/mol. The van der Waals surface area contributed by atoms with Crippen LogP contribution in [-0.4, -0.2) is 15.0 Å². The Hall–Kier alpha value is -6.97. The zero-order valence-corrected chi connectivity index (χ0v) is 28.4. The van der Waals surface area contributed by atoms with Crippen molar-refractivity contribution in [1.82, 2.24) is 15.0 Å². The molecule has 3 nitrogen and oxygen atoms in total. The van der Waals surface area contributed by atoms with Gasteiger partial charge in [0.2, 0.25) is 0 Å². The predicted octanol–water partition coefficient (Wildman–Crippen LogP) is 12.7. The molecule has 1 heterocycles. The summed E-state index contributed by atoms with van der Waals surface area (Å²) in [7, 11) is 0. The molecule has 0 saturated carbocycles. The summed E-state index contributed by atoms with van der Waals surface area (Å²) in [5.74, 6) is 1.87. The van der Waals surface area contributed by atoms with Gasteiger partial charge in [0.15, 0.2) is 17.5 Å². The first-order valence-corrected chi connectivity index (χ1v) is 17.5. The molecule has 0 unspecified atom stereocenters. The minimum Gasteiger partial charge on any atom is -0.208 e. The molecule has 0 atom stereocenters. The number of aromatic nitrogens is 3. The number of nitrogens with zero attached hydrogens (tertiary/aromatic N) is 3. The lowest BCUT2D eigenvalue weighted by atomic mass is 9.91. The fourth-order valence-electron chi connectivity index (χ4n) is 6.97. The second kappa shape index (κ2) is 13.7. The monoisotopic (exact) mass is 663 g/mol. The molecule has 1 aromatic heterocycles. The molecule has 0 aliphatic rings. The average Bonchev–Trinajstić information content (AvgIpc) is 3.24. The molecule has 0 aliphatic carbocycles. The van der Waals surface area contributed by atoms with Crippen molar-refractivity contribution < 1.29 is 0 Å². The van der Waals surface area contributed by atoms with Gasteiger partial charge in [0.25, 0.3) is 0 Å². The molecule has 0 spiro atoms. The summed E-state index contributed by atoms with van der Waals surface area (Å²) >= 11 is 0. The van der Waals surface area contributed by atoms with E-state index in [1.807, 2.05) is 18.2 Å². The van der Waals surface area contributed by atoms with Gasteiger partial charge in [-0.2, -0.15) is 0 Å². The van der Waals surface area contributed by atoms with Crippen LogP contribution in [0, 0.1) is 0 Å². The minimum atomic E-state index is 0.621. The molecule has 0 aliphatic heterocycles. The summed E-state index contributed by atoms with van der Waals surface area (Å²) in [6, 6.07) is 69.9. The van der Waals surface area contributed by atoms with E-state index >= 15 is 0 Å². The van der Waals surface area contributed by atoms with Crippen molar-refractivity contribution >= 4 is 10.8 Å². The van der Waals surface area contributed by atoms with Crippen LogP contribution in [0.4, 0.5) is 0 Å². The third-order valence-electron chi connectivity index (χ3n) is 9.59. The lowest BCUT2D eigenvalue weighted by molar-refractivity contribution is 1.07. The zero-order chi connectivity index (χ0) is 34.7. The highest BCUT2D eigenvalue weighted by Gasteiger charge is 2.19. The molecule has 244 valence electrons. The van der Waals surface area contributed by atoms with Gasteiger partial charge in [0.1, 0.15) is 0 Å². The molecule has 0 N–H and O–H groups in total. The third-order valence-corrected chi connectivity index (χ3v) is 9.59.